The van der Waals surface area contributed by atoms with E-state index in [1.54, 1.807) is 0 Å². The van der Waals surface area contributed by atoms with Gasteiger partial charge in [-0.25, -0.2) is 0 Å². The Labute approximate surface area is 93.6 Å². The van der Waals surface area contributed by atoms with Crippen LogP contribution in [0.4, 0.5) is 0 Å². The SMILES string of the molecule is BrC1=NCCC(OCCC2CC2)C=C1. The maximum absolute atomic E-state index is 5.78. The third-order valence-corrected chi connectivity index (χ3v) is 3.19. The largest absolute Gasteiger partial charge is 0.374 e. The molecule has 0 amide bonds. The van der Waals surface area contributed by atoms with Gasteiger partial charge in [0.1, 0.15) is 0 Å². The van der Waals surface area contributed by atoms with Gasteiger partial charge in [0.2, 0.25) is 0 Å². The molecule has 0 aromatic rings. The summed E-state index contributed by atoms with van der Waals surface area (Å²) in [6.07, 6.45) is 9.45. The monoisotopic (exact) mass is 257 g/mol. The molecule has 0 spiro atoms. The van der Waals surface area contributed by atoms with Gasteiger partial charge < -0.3 is 4.74 Å². The van der Waals surface area contributed by atoms with Crippen molar-refractivity contribution in [2.45, 2.75) is 31.8 Å². The molecule has 1 unspecified atom stereocenters. The molecule has 1 fully saturated rings. The Kier molecular flexibility index (Phi) is 3.76. The summed E-state index contributed by atoms with van der Waals surface area (Å²) in [6, 6.07) is 0. The smallest absolute Gasteiger partial charge is 0.0998 e. The molecule has 1 saturated carbocycles. The zero-order valence-electron chi connectivity index (χ0n) is 8.29. The Morgan fingerprint density at radius 1 is 1.43 bits per heavy atom. The van der Waals surface area contributed by atoms with E-state index in [2.05, 4.69) is 27.0 Å². The van der Waals surface area contributed by atoms with Gasteiger partial charge in [0, 0.05) is 13.2 Å². The van der Waals surface area contributed by atoms with Gasteiger partial charge in [-0.15, -0.1) is 0 Å². The zero-order valence-corrected chi connectivity index (χ0v) is 9.87. The molecule has 2 rings (SSSR count). The molecule has 0 saturated heterocycles. The van der Waals surface area contributed by atoms with Crippen LogP contribution in [0.1, 0.15) is 25.7 Å². The first-order chi connectivity index (χ1) is 6.84. The van der Waals surface area contributed by atoms with E-state index in [4.69, 9.17) is 4.74 Å². The van der Waals surface area contributed by atoms with Crippen LogP contribution in [0.3, 0.4) is 0 Å². The van der Waals surface area contributed by atoms with Gasteiger partial charge in [-0.1, -0.05) is 18.9 Å². The molecule has 1 heterocycles. The van der Waals surface area contributed by atoms with Crippen LogP contribution in [0.15, 0.2) is 17.1 Å². The molecule has 2 nitrogen and oxygen atoms in total. The van der Waals surface area contributed by atoms with Crippen molar-refractivity contribution in [2.24, 2.45) is 10.9 Å². The summed E-state index contributed by atoms with van der Waals surface area (Å²) >= 11 is 3.37. The van der Waals surface area contributed by atoms with E-state index in [-0.39, 0.29) is 6.10 Å². The highest BCUT2D eigenvalue weighted by molar-refractivity contribution is 9.18. The Morgan fingerprint density at radius 3 is 3.07 bits per heavy atom. The third-order valence-electron chi connectivity index (χ3n) is 2.68. The second-order valence-corrected chi connectivity index (χ2v) is 4.81. The highest BCUT2D eigenvalue weighted by atomic mass is 79.9. The normalized spacial score (nSPS) is 27.2. The van der Waals surface area contributed by atoms with E-state index in [9.17, 15) is 0 Å². The van der Waals surface area contributed by atoms with E-state index < -0.39 is 0 Å². The highest BCUT2D eigenvalue weighted by Crippen LogP contribution is 2.32. The molecule has 0 aromatic heterocycles. The number of halogens is 1. The zero-order chi connectivity index (χ0) is 9.80. The molecule has 0 bridgehead atoms. The van der Waals surface area contributed by atoms with Crippen molar-refractivity contribution in [3.8, 4) is 0 Å². The van der Waals surface area contributed by atoms with Gasteiger partial charge in [0.15, 0.2) is 0 Å². The van der Waals surface area contributed by atoms with Crippen molar-refractivity contribution in [3.05, 3.63) is 12.2 Å². The molecule has 1 aliphatic carbocycles. The van der Waals surface area contributed by atoms with Gasteiger partial charge in [-0.2, -0.15) is 0 Å². The van der Waals surface area contributed by atoms with Gasteiger partial charge in [0.25, 0.3) is 0 Å². The van der Waals surface area contributed by atoms with Crippen molar-refractivity contribution < 1.29 is 4.74 Å². The predicted octanol–water partition coefficient (Wildman–Crippen LogP) is 2.93. The van der Waals surface area contributed by atoms with Gasteiger partial charge >= 0.3 is 0 Å². The van der Waals surface area contributed by atoms with E-state index in [0.29, 0.717) is 0 Å². The summed E-state index contributed by atoms with van der Waals surface area (Å²) in [4.78, 5) is 4.30. The molecule has 0 aromatic carbocycles. The van der Waals surface area contributed by atoms with E-state index in [0.717, 1.165) is 30.1 Å². The van der Waals surface area contributed by atoms with Crippen molar-refractivity contribution in [3.63, 3.8) is 0 Å². The van der Waals surface area contributed by atoms with E-state index in [1.807, 2.05) is 6.08 Å². The van der Waals surface area contributed by atoms with Crippen LogP contribution in [0.2, 0.25) is 0 Å². The Hall–Kier alpha value is -0.150. The average molecular weight is 258 g/mol. The molecule has 1 atom stereocenters. The molecule has 0 radical (unpaired) electrons. The maximum Gasteiger partial charge on any atom is 0.0998 e. The second-order valence-electron chi connectivity index (χ2n) is 3.99. The van der Waals surface area contributed by atoms with Crippen LogP contribution in [0.5, 0.6) is 0 Å². The van der Waals surface area contributed by atoms with Crippen LogP contribution >= 0.6 is 15.9 Å². The Bertz CT molecular complexity index is 246. The number of allylic oxidation sites excluding steroid dienone is 1. The van der Waals surface area contributed by atoms with Crippen LogP contribution in [0.25, 0.3) is 0 Å². The first-order valence-electron chi connectivity index (χ1n) is 5.34. The number of hydrogen-bond acceptors (Lipinski definition) is 2. The lowest BCUT2D eigenvalue weighted by atomic mass is 10.2. The Morgan fingerprint density at radius 2 is 2.29 bits per heavy atom. The fourth-order valence-corrected chi connectivity index (χ4v) is 1.90. The average Bonchev–Trinajstić information content (AvgIpc) is 2.96. The van der Waals surface area contributed by atoms with E-state index >= 15 is 0 Å². The summed E-state index contributed by atoms with van der Waals surface area (Å²) in [5.41, 5.74) is 0. The minimum Gasteiger partial charge on any atom is -0.374 e. The van der Waals surface area contributed by atoms with Gasteiger partial charge in [-0.3, -0.25) is 4.99 Å². The molecule has 3 heteroatoms. The number of rotatable bonds is 4. The lowest BCUT2D eigenvalue weighted by Gasteiger charge is -2.11. The molecule has 0 N–H and O–H groups in total. The van der Waals surface area contributed by atoms with Gasteiger partial charge in [0.05, 0.1) is 10.7 Å². The lowest BCUT2D eigenvalue weighted by molar-refractivity contribution is 0.0770. The minimum absolute atomic E-state index is 0.271. The summed E-state index contributed by atoms with van der Waals surface area (Å²) in [6.45, 7) is 1.78. The summed E-state index contributed by atoms with van der Waals surface area (Å²) in [7, 11) is 0. The second kappa shape index (κ2) is 5.08. The molecule has 2 aliphatic rings. The fraction of sp³-hybridized carbons (Fsp3) is 0.727. The molecular weight excluding hydrogens is 242 g/mol. The highest BCUT2D eigenvalue weighted by Gasteiger charge is 2.21. The summed E-state index contributed by atoms with van der Waals surface area (Å²) < 4.78 is 6.72. The van der Waals surface area contributed by atoms with Crippen molar-refractivity contribution in [1.29, 1.82) is 0 Å². The molecule has 1 aliphatic heterocycles. The van der Waals surface area contributed by atoms with Crippen LogP contribution in [-0.4, -0.2) is 23.9 Å². The topological polar surface area (TPSA) is 21.6 Å². The third kappa shape index (κ3) is 3.54. The van der Waals surface area contributed by atoms with Crippen molar-refractivity contribution in [1.82, 2.24) is 0 Å². The number of ether oxygens (including phenoxy) is 1. The summed E-state index contributed by atoms with van der Waals surface area (Å²) in [5.74, 6) is 0.966. The molecule has 14 heavy (non-hydrogen) atoms. The van der Waals surface area contributed by atoms with Crippen molar-refractivity contribution in [2.75, 3.05) is 13.2 Å². The summed E-state index contributed by atoms with van der Waals surface area (Å²) in [5, 5.41) is 0. The fourth-order valence-electron chi connectivity index (χ4n) is 1.57. The van der Waals surface area contributed by atoms with Crippen LogP contribution in [0, 0.1) is 5.92 Å². The van der Waals surface area contributed by atoms with Crippen LogP contribution in [-0.2, 0) is 4.74 Å². The molecular formula is C11H16BrNO. The Balaban J connectivity index is 1.67. The first kappa shape index (κ1) is 10.4. The molecule has 78 valence electrons. The minimum atomic E-state index is 0.271. The van der Waals surface area contributed by atoms with Crippen LogP contribution < -0.4 is 0 Å². The number of nitrogens with zero attached hydrogens (tertiary/aromatic N) is 1. The first-order valence-corrected chi connectivity index (χ1v) is 6.13. The standard InChI is InChI=1S/C11H16BrNO/c12-11-4-3-10(5-7-13-11)14-8-6-9-1-2-9/h3-4,9-10H,1-2,5-8H2. The maximum atomic E-state index is 5.78. The predicted molar refractivity (Wildman–Crippen MR) is 62.1 cm³/mol. The van der Waals surface area contributed by atoms with E-state index in [1.165, 1.54) is 19.3 Å². The lowest BCUT2D eigenvalue weighted by Crippen LogP contribution is -2.11. The van der Waals surface area contributed by atoms with Crippen molar-refractivity contribution >= 4 is 20.6 Å². The quantitative estimate of drug-likeness (QED) is 0.759. The number of hydrogen-bond donors (Lipinski definition) is 0. The van der Waals surface area contributed by atoms with Gasteiger partial charge in [-0.05, 0) is 40.8 Å². The number of aliphatic imine (C=N–C) groups is 1.